The van der Waals surface area contributed by atoms with Crippen LogP contribution in [0, 0.1) is 0 Å². The third-order valence-electron chi connectivity index (χ3n) is 3.05. The second kappa shape index (κ2) is 11.8. The molecule has 0 saturated heterocycles. The molecule has 1 aromatic carbocycles. The highest BCUT2D eigenvalue weighted by Crippen LogP contribution is 2.15. The van der Waals surface area contributed by atoms with Crippen LogP contribution in [0.3, 0.4) is 0 Å². The number of aliphatic imine (C=N–C) groups is 1. The first-order chi connectivity index (χ1) is 10.8. The van der Waals surface area contributed by atoms with Crippen LogP contribution in [0.25, 0.3) is 0 Å². The zero-order valence-corrected chi connectivity index (χ0v) is 16.7. The molecule has 9 heteroatoms. The maximum atomic E-state index is 12.2. The first-order valence-electron chi connectivity index (χ1n) is 7.24. The zero-order valence-electron chi connectivity index (χ0n) is 13.7. The highest BCUT2D eigenvalue weighted by molar-refractivity contribution is 14.0. The van der Waals surface area contributed by atoms with Gasteiger partial charge in [-0.3, -0.25) is 9.89 Å². The quantitative estimate of drug-likeness (QED) is 0.359. The normalized spacial score (nSPS) is 12.0. The summed E-state index contributed by atoms with van der Waals surface area (Å²) in [5.74, 6) is 0.562. The van der Waals surface area contributed by atoms with E-state index in [0.29, 0.717) is 24.1 Å². The minimum absolute atomic E-state index is 0. The van der Waals surface area contributed by atoms with Crippen LogP contribution in [0.15, 0.2) is 29.3 Å². The van der Waals surface area contributed by atoms with Crippen LogP contribution in [0.4, 0.5) is 13.2 Å². The fraction of sp³-hybridized carbons (Fsp3) is 0.533. The minimum atomic E-state index is -4.17. The van der Waals surface area contributed by atoms with Gasteiger partial charge in [0.25, 0.3) is 0 Å². The van der Waals surface area contributed by atoms with E-state index in [0.717, 1.165) is 12.0 Å². The van der Waals surface area contributed by atoms with Crippen molar-refractivity contribution in [3.63, 3.8) is 0 Å². The maximum Gasteiger partial charge on any atom is 0.401 e. The monoisotopic (exact) mass is 478 g/mol. The molecule has 0 atom stereocenters. The van der Waals surface area contributed by atoms with Gasteiger partial charge >= 0.3 is 6.18 Å². The summed E-state index contributed by atoms with van der Waals surface area (Å²) < 4.78 is 36.6. The van der Waals surface area contributed by atoms with Crippen LogP contribution in [0.2, 0.25) is 5.02 Å². The summed E-state index contributed by atoms with van der Waals surface area (Å²) in [6.45, 7) is 0.381. The van der Waals surface area contributed by atoms with Crippen LogP contribution in [0.5, 0.6) is 0 Å². The van der Waals surface area contributed by atoms with E-state index in [9.17, 15) is 13.2 Å². The van der Waals surface area contributed by atoms with Gasteiger partial charge in [-0.05, 0) is 31.2 Å². The third-order valence-corrected chi connectivity index (χ3v) is 3.29. The maximum absolute atomic E-state index is 12.2. The summed E-state index contributed by atoms with van der Waals surface area (Å²) in [6, 6.07) is 7.58. The van der Waals surface area contributed by atoms with E-state index in [4.69, 9.17) is 11.6 Å². The molecule has 0 aromatic heterocycles. The number of nitrogens with zero attached hydrogens (tertiary/aromatic N) is 2. The molecule has 0 bridgehead atoms. The molecule has 1 aromatic rings. The van der Waals surface area contributed by atoms with Crippen molar-refractivity contribution in [3.8, 4) is 0 Å². The Morgan fingerprint density at radius 3 is 2.50 bits per heavy atom. The number of hydrogen-bond donors (Lipinski definition) is 2. The Morgan fingerprint density at radius 2 is 1.92 bits per heavy atom. The van der Waals surface area contributed by atoms with Gasteiger partial charge < -0.3 is 10.6 Å². The van der Waals surface area contributed by atoms with E-state index in [1.807, 2.05) is 24.3 Å². The average molecular weight is 479 g/mol. The average Bonchev–Trinajstić information content (AvgIpc) is 2.43. The number of guanidine groups is 1. The van der Waals surface area contributed by atoms with Crippen LogP contribution >= 0.6 is 35.6 Å². The summed E-state index contributed by atoms with van der Waals surface area (Å²) in [6.07, 6.45) is -3.40. The van der Waals surface area contributed by atoms with Crippen LogP contribution < -0.4 is 10.6 Å². The van der Waals surface area contributed by atoms with Crippen LogP contribution in [0.1, 0.15) is 5.56 Å². The molecule has 0 fully saturated rings. The lowest BCUT2D eigenvalue weighted by atomic mass is 10.1. The first kappa shape index (κ1) is 23.3. The number of hydrogen-bond acceptors (Lipinski definition) is 2. The number of alkyl halides is 3. The van der Waals surface area contributed by atoms with Gasteiger partial charge in [0, 0.05) is 31.7 Å². The molecule has 0 amide bonds. The molecule has 24 heavy (non-hydrogen) atoms. The highest BCUT2D eigenvalue weighted by Gasteiger charge is 2.28. The Hall–Kier alpha value is -0.740. The Balaban J connectivity index is 0.00000529. The first-order valence-corrected chi connectivity index (χ1v) is 7.62. The topological polar surface area (TPSA) is 39.7 Å². The van der Waals surface area contributed by atoms with E-state index in [-0.39, 0.29) is 30.5 Å². The van der Waals surface area contributed by atoms with Gasteiger partial charge in [-0.1, -0.05) is 23.7 Å². The number of halogens is 5. The van der Waals surface area contributed by atoms with Gasteiger partial charge in [0.1, 0.15) is 0 Å². The molecule has 4 nitrogen and oxygen atoms in total. The molecular weight excluding hydrogens is 456 g/mol. The summed E-state index contributed by atoms with van der Waals surface area (Å²) in [4.78, 5) is 5.25. The number of benzene rings is 1. The smallest absolute Gasteiger partial charge is 0.356 e. The molecule has 0 radical (unpaired) electrons. The van der Waals surface area contributed by atoms with E-state index in [1.165, 1.54) is 11.9 Å². The van der Waals surface area contributed by atoms with Crippen molar-refractivity contribution in [1.82, 2.24) is 15.5 Å². The van der Waals surface area contributed by atoms with Gasteiger partial charge in [-0.15, -0.1) is 24.0 Å². The molecular formula is C15H23ClF3IN4. The number of likely N-dealkylation sites (N-methyl/N-ethyl adjacent to an activating group) is 1. The molecule has 1 rings (SSSR count). The van der Waals surface area contributed by atoms with Crippen molar-refractivity contribution in [2.75, 3.05) is 40.3 Å². The van der Waals surface area contributed by atoms with Gasteiger partial charge in [0.2, 0.25) is 0 Å². The Kier molecular flexibility index (Phi) is 11.4. The fourth-order valence-corrected chi connectivity index (χ4v) is 2.20. The fourth-order valence-electron chi connectivity index (χ4n) is 1.99. The van der Waals surface area contributed by atoms with Crippen LogP contribution in [-0.2, 0) is 6.42 Å². The minimum Gasteiger partial charge on any atom is -0.356 e. The number of nitrogens with one attached hydrogen (secondary N) is 2. The molecule has 2 N–H and O–H groups in total. The van der Waals surface area contributed by atoms with E-state index >= 15 is 0 Å². The van der Waals surface area contributed by atoms with Crippen molar-refractivity contribution in [2.45, 2.75) is 12.6 Å². The standard InChI is InChI=1S/C15H22ClF3N4.HI/c1-20-14(22-8-9-23(2)11-15(17,18)19)21-7-6-12-4-3-5-13(16)10-12;/h3-5,10H,6-9,11H2,1-2H3,(H2,20,21,22);1H. The number of rotatable bonds is 7. The van der Waals surface area contributed by atoms with E-state index < -0.39 is 12.7 Å². The van der Waals surface area contributed by atoms with Crippen molar-refractivity contribution in [1.29, 1.82) is 0 Å². The molecule has 0 aliphatic heterocycles. The lowest BCUT2D eigenvalue weighted by Crippen LogP contribution is -2.42. The predicted octanol–water partition coefficient (Wildman–Crippen LogP) is 3.16. The van der Waals surface area contributed by atoms with E-state index in [1.54, 1.807) is 7.05 Å². The molecule has 0 unspecified atom stereocenters. The molecule has 0 heterocycles. The zero-order chi connectivity index (χ0) is 17.3. The summed E-state index contributed by atoms with van der Waals surface area (Å²) >= 11 is 5.92. The van der Waals surface area contributed by atoms with Gasteiger partial charge in [0.05, 0.1) is 6.54 Å². The Labute approximate surface area is 162 Å². The largest absolute Gasteiger partial charge is 0.401 e. The summed E-state index contributed by atoms with van der Waals surface area (Å²) in [5, 5.41) is 6.79. The molecule has 138 valence electrons. The second-order valence-corrected chi connectivity index (χ2v) is 5.60. The molecule has 0 spiro atoms. The third kappa shape index (κ3) is 10.9. The van der Waals surface area contributed by atoms with Crippen molar-refractivity contribution in [2.24, 2.45) is 4.99 Å². The van der Waals surface area contributed by atoms with Crippen LogP contribution in [-0.4, -0.2) is 57.3 Å². The second-order valence-electron chi connectivity index (χ2n) is 5.16. The molecule has 0 saturated carbocycles. The summed E-state index contributed by atoms with van der Waals surface area (Å²) in [7, 11) is 3.05. The summed E-state index contributed by atoms with van der Waals surface area (Å²) in [5.41, 5.74) is 1.10. The lowest BCUT2D eigenvalue weighted by molar-refractivity contribution is -0.142. The van der Waals surface area contributed by atoms with Crippen molar-refractivity contribution in [3.05, 3.63) is 34.9 Å². The Bertz CT molecular complexity index is 512. The molecule has 0 aliphatic carbocycles. The van der Waals surface area contributed by atoms with Crippen molar-refractivity contribution >= 4 is 41.5 Å². The van der Waals surface area contributed by atoms with Gasteiger partial charge in [-0.2, -0.15) is 13.2 Å². The van der Waals surface area contributed by atoms with E-state index in [2.05, 4.69) is 15.6 Å². The van der Waals surface area contributed by atoms with Gasteiger partial charge in [-0.25, -0.2) is 0 Å². The highest BCUT2D eigenvalue weighted by atomic mass is 127. The lowest BCUT2D eigenvalue weighted by Gasteiger charge is -2.19. The SMILES string of the molecule is CN=C(NCCc1cccc(Cl)c1)NCCN(C)CC(F)(F)F.I. The van der Waals surface area contributed by atoms with Gasteiger partial charge in [0.15, 0.2) is 5.96 Å². The molecule has 0 aliphatic rings. The Morgan fingerprint density at radius 1 is 1.25 bits per heavy atom. The predicted molar refractivity (Wildman–Crippen MR) is 103 cm³/mol. The van der Waals surface area contributed by atoms with Crippen molar-refractivity contribution < 1.29 is 13.2 Å².